The summed E-state index contributed by atoms with van der Waals surface area (Å²) in [5.41, 5.74) is 0.826. The van der Waals surface area contributed by atoms with Gasteiger partial charge in [-0.15, -0.1) is 0 Å². The topological polar surface area (TPSA) is 72.3 Å². The van der Waals surface area contributed by atoms with Gasteiger partial charge in [-0.25, -0.2) is 4.39 Å². The second-order valence-corrected chi connectivity index (χ2v) is 3.98. The van der Waals surface area contributed by atoms with Crippen LogP contribution in [0.2, 0.25) is 0 Å². The normalized spacial score (nSPS) is 10.8. The van der Waals surface area contributed by atoms with E-state index in [1.54, 1.807) is 13.0 Å². The Kier molecular flexibility index (Phi) is 2.56. The second-order valence-electron chi connectivity index (χ2n) is 3.98. The van der Waals surface area contributed by atoms with Gasteiger partial charge in [0, 0.05) is 6.07 Å². The Balaban J connectivity index is 2.04. The molecule has 0 fully saturated rings. The van der Waals surface area contributed by atoms with Gasteiger partial charge in [0.1, 0.15) is 17.3 Å². The van der Waals surface area contributed by atoms with Crippen LogP contribution >= 0.6 is 0 Å². The largest absolute Gasteiger partial charge is 0.508 e. The van der Waals surface area contributed by atoms with Gasteiger partial charge < -0.3 is 14.0 Å². The van der Waals surface area contributed by atoms with Crippen molar-refractivity contribution < 1.29 is 18.4 Å². The van der Waals surface area contributed by atoms with E-state index in [0.29, 0.717) is 17.1 Å². The predicted octanol–water partition coefficient (Wildman–Crippen LogP) is 3.15. The molecule has 0 aliphatic carbocycles. The van der Waals surface area contributed by atoms with Crippen LogP contribution in [0.3, 0.4) is 0 Å². The molecule has 1 N–H and O–H groups in total. The Hall–Kier alpha value is -2.63. The molecule has 0 saturated heterocycles. The molecule has 0 amide bonds. The molecule has 3 aromatic rings. The molecule has 96 valence electrons. The van der Waals surface area contributed by atoms with Crippen molar-refractivity contribution in [3.05, 3.63) is 42.1 Å². The van der Waals surface area contributed by atoms with Gasteiger partial charge in [-0.1, -0.05) is 5.16 Å². The number of aromatic nitrogens is 2. The predicted molar refractivity (Wildman–Crippen MR) is 63.8 cm³/mol. The second kappa shape index (κ2) is 4.24. The highest BCUT2D eigenvalue weighted by Gasteiger charge is 2.16. The molecule has 0 spiro atoms. The minimum absolute atomic E-state index is 0.0492. The van der Waals surface area contributed by atoms with Gasteiger partial charge in [0.25, 0.3) is 5.89 Å². The molecule has 0 saturated carbocycles. The molecule has 1 aromatic carbocycles. The maximum absolute atomic E-state index is 13.7. The third kappa shape index (κ3) is 1.97. The molecule has 0 aliphatic heterocycles. The van der Waals surface area contributed by atoms with E-state index in [-0.39, 0.29) is 17.2 Å². The Bertz CT molecular complexity index is 733. The first-order valence-electron chi connectivity index (χ1n) is 5.52. The summed E-state index contributed by atoms with van der Waals surface area (Å²) in [6.45, 7) is 1.77. The van der Waals surface area contributed by atoms with Crippen molar-refractivity contribution in [3.8, 4) is 28.6 Å². The molecule has 0 atom stereocenters. The minimum Gasteiger partial charge on any atom is -0.508 e. The fraction of sp³-hybridized carbons (Fsp3) is 0.0769. The van der Waals surface area contributed by atoms with Crippen LogP contribution in [0.1, 0.15) is 5.76 Å². The molecule has 0 aliphatic rings. The fourth-order valence-electron chi connectivity index (χ4n) is 1.74. The van der Waals surface area contributed by atoms with Crippen LogP contribution in [0, 0.1) is 12.7 Å². The van der Waals surface area contributed by atoms with Gasteiger partial charge >= 0.3 is 0 Å². The molecule has 0 radical (unpaired) electrons. The Labute approximate surface area is 107 Å². The molecular weight excluding hydrogens is 251 g/mol. The number of rotatable bonds is 2. The molecule has 2 heterocycles. The Morgan fingerprint density at radius 2 is 2.05 bits per heavy atom. The van der Waals surface area contributed by atoms with E-state index in [0.717, 1.165) is 6.07 Å². The zero-order valence-corrected chi connectivity index (χ0v) is 9.92. The summed E-state index contributed by atoms with van der Waals surface area (Å²) in [7, 11) is 0. The molecule has 5 nitrogen and oxygen atoms in total. The van der Waals surface area contributed by atoms with Gasteiger partial charge in [-0.3, -0.25) is 0 Å². The number of hydrogen-bond acceptors (Lipinski definition) is 5. The summed E-state index contributed by atoms with van der Waals surface area (Å²) in [5, 5.41) is 12.9. The lowest BCUT2D eigenvalue weighted by atomic mass is 10.2. The molecule has 19 heavy (non-hydrogen) atoms. The number of phenolic OH excluding ortho intramolecular Hbond substituents is 1. The van der Waals surface area contributed by atoms with E-state index in [9.17, 15) is 4.39 Å². The summed E-state index contributed by atoms with van der Waals surface area (Å²) in [5.74, 6) is 0.242. The SMILES string of the molecule is Cc1occc1-c1noc(-c2ccc(O)cc2F)n1. The van der Waals surface area contributed by atoms with Crippen LogP contribution in [0.15, 0.2) is 39.5 Å². The van der Waals surface area contributed by atoms with Crippen molar-refractivity contribution in [2.75, 3.05) is 0 Å². The van der Waals surface area contributed by atoms with E-state index >= 15 is 0 Å². The van der Waals surface area contributed by atoms with Crippen LogP contribution in [0.5, 0.6) is 5.75 Å². The molecule has 2 aromatic heterocycles. The van der Waals surface area contributed by atoms with E-state index in [2.05, 4.69) is 10.1 Å². The highest BCUT2D eigenvalue weighted by Crippen LogP contribution is 2.27. The third-order valence-corrected chi connectivity index (χ3v) is 2.71. The number of aromatic hydroxyl groups is 1. The standard InChI is InChI=1S/C13H9FN2O3/c1-7-9(4-5-18-7)12-15-13(19-16-12)10-3-2-8(17)6-11(10)14/h2-6,17H,1H3. The molecule has 6 heteroatoms. The maximum Gasteiger partial charge on any atom is 0.261 e. The van der Waals surface area contributed by atoms with E-state index in [1.807, 2.05) is 0 Å². The van der Waals surface area contributed by atoms with E-state index in [1.165, 1.54) is 18.4 Å². The lowest BCUT2D eigenvalue weighted by Gasteiger charge is -1.97. The monoisotopic (exact) mass is 260 g/mol. The summed E-state index contributed by atoms with van der Waals surface area (Å²) >= 11 is 0. The van der Waals surface area contributed by atoms with Crippen molar-refractivity contribution in [3.63, 3.8) is 0 Å². The van der Waals surface area contributed by atoms with E-state index < -0.39 is 5.82 Å². The number of hydrogen-bond donors (Lipinski definition) is 1. The highest BCUT2D eigenvalue weighted by atomic mass is 19.1. The van der Waals surface area contributed by atoms with Gasteiger partial charge in [0.2, 0.25) is 5.82 Å². The average molecular weight is 260 g/mol. The molecule has 3 rings (SSSR count). The summed E-state index contributed by atoms with van der Waals surface area (Å²) in [4.78, 5) is 4.11. The van der Waals surface area contributed by atoms with Crippen molar-refractivity contribution in [1.29, 1.82) is 0 Å². The number of halogens is 1. The zero-order valence-electron chi connectivity index (χ0n) is 9.92. The van der Waals surface area contributed by atoms with Crippen LogP contribution in [0.4, 0.5) is 4.39 Å². The quantitative estimate of drug-likeness (QED) is 0.766. The van der Waals surface area contributed by atoms with Crippen molar-refractivity contribution in [2.45, 2.75) is 6.92 Å². The fourth-order valence-corrected chi connectivity index (χ4v) is 1.74. The first-order chi connectivity index (χ1) is 9.15. The number of phenols is 1. The lowest BCUT2D eigenvalue weighted by Crippen LogP contribution is -1.85. The third-order valence-electron chi connectivity index (χ3n) is 2.71. The first kappa shape index (κ1) is 11.5. The van der Waals surface area contributed by atoms with E-state index in [4.69, 9.17) is 14.0 Å². The zero-order chi connectivity index (χ0) is 13.4. The number of furan rings is 1. The summed E-state index contributed by atoms with van der Waals surface area (Å²) < 4.78 is 23.8. The van der Waals surface area contributed by atoms with Crippen LogP contribution in [-0.2, 0) is 0 Å². The first-order valence-corrected chi connectivity index (χ1v) is 5.52. The molecule has 0 unspecified atom stereocenters. The van der Waals surface area contributed by atoms with Gasteiger partial charge in [0.05, 0.1) is 17.4 Å². The highest BCUT2D eigenvalue weighted by molar-refractivity contribution is 5.61. The van der Waals surface area contributed by atoms with Crippen molar-refractivity contribution >= 4 is 0 Å². The summed E-state index contributed by atoms with van der Waals surface area (Å²) in [6, 6.07) is 5.43. The van der Waals surface area contributed by atoms with Crippen LogP contribution < -0.4 is 0 Å². The lowest BCUT2D eigenvalue weighted by molar-refractivity contribution is 0.428. The van der Waals surface area contributed by atoms with Crippen LogP contribution in [-0.4, -0.2) is 15.2 Å². The van der Waals surface area contributed by atoms with Gasteiger partial charge in [0.15, 0.2) is 0 Å². The number of benzene rings is 1. The van der Waals surface area contributed by atoms with Crippen molar-refractivity contribution in [2.24, 2.45) is 0 Å². The van der Waals surface area contributed by atoms with Crippen molar-refractivity contribution in [1.82, 2.24) is 10.1 Å². The van der Waals surface area contributed by atoms with Gasteiger partial charge in [-0.05, 0) is 25.1 Å². The smallest absolute Gasteiger partial charge is 0.261 e. The average Bonchev–Trinajstić information content (AvgIpc) is 2.97. The summed E-state index contributed by atoms with van der Waals surface area (Å²) in [6.07, 6.45) is 1.52. The molecule has 0 bridgehead atoms. The number of nitrogens with zero attached hydrogens (tertiary/aromatic N) is 2. The Morgan fingerprint density at radius 3 is 2.74 bits per heavy atom. The number of aryl methyl sites for hydroxylation is 1. The molecular formula is C13H9FN2O3. The minimum atomic E-state index is -0.626. The maximum atomic E-state index is 13.7. The Morgan fingerprint density at radius 1 is 1.21 bits per heavy atom. The van der Waals surface area contributed by atoms with Crippen LogP contribution in [0.25, 0.3) is 22.8 Å². The van der Waals surface area contributed by atoms with Gasteiger partial charge in [-0.2, -0.15) is 4.98 Å².